The summed E-state index contributed by atoms with van der Waals surface area (Å²) in [5.41, 5.74) is 0. The predicted octanol–water partition coefficient (Wildman–Crippen LogP) is 0.624. The van der Waals surface area contributed by atoms with Gasteiger partial charge in [-0.1, -0.05) is 6.92 Å². The summed E-state index contributed by atoms with van der Waals surface area (Å²) < 4.78 is 4.78. The molecule has 0 aromatic rings. The van der Waals surface area contributed by atoms with E-state index in [0.717, 1.165) is 6.42 Å². The maximum Gasteiger partial charge on any atom is 0.315 e. The first kappa shape index (κ1) is 12.7. The van der Waals surface area contributed by atoms with Crippen LogP contribution in [-0.2, 0) is 4.74 Å². The second kappa shape index (κ2) is 8.32. The van der Waals surface area contributed by atoms with E-state index in [1.54, 1.807) is 7.11 Å². The average molecular weight is 199 g/mol. The van der Waals surface area contributed by atoms with Crippen LogP contribution in [0.4, 0.5) is 4.79 Å². The van der Waals surface area contributed by atoms with E-state index in [1.807, 2.05) is 13.0 Å². The number of hydrogen-bond donors (Lipinski definition) is 2. The third kappa shape index (κ3) is 6.26. The molecular formula is C9H17N3O2. The van der Waals surface area contributed by atoms with E-state index in [-0.39, 0.29) is 12.1 Å². The number of methoxy groups -OCH3 is 1. The number of nitrogens with one attached hydrogen (secondary N) is 2. The fraction of sp³-hybridized carbons (Fsp3) is 0.778. The molecule has 0 rings (SSSR count). The molecular weight excluding hydrogens is 182 g/mol. The van der Waals surface area contributed by atoms with Crippen LogP contribution in [-0.4, -0.2) is 32.3 Å². The van der Waals surface area contributed by atoms with E-state index >= 15 is 0 Å². The zero-order valence-corrected chi connectivity index (χ0v) is 8.67. The molecule has 14 heavy (non-hydrogen) atoms. The fourth-order valence-corrected chi connectivity index (χ4v) is 0.911. The normalized spacial score (nSPS) is 11.5. The number of hydrogen-bond acceptors (Lipinski definition) is 3. The van der Waals surface area contributed by atoms with Gasteiger partial charge >= 0.3 is 6.03 Å². The van der Waals surface area contributed by atoms with Crippen molar-refractivity contribution in [1.29, 1.82) is 5.26 Å². The number of rotatable bonds is 6. The van der Waals surface area contributed by atoms with Crippen molar-refractivity contribution < 1.29 is 9.53 Å². The summed E-state index contributed by atoms with van der Waals surface area (Å²) in [7, 11) is 1.57. The summed E-state index contributed by atoms with van der Waals surface area (Å²) in [6.07, 6.45) is 1.10. The number of amides is 2. The Bertz CT molecular complexity index is 201. The minimum absolute atomic E-state index is 0.0671. The first-order chi connectivity index (χ1) is 6.74. The summed E-state index contributed by atoms with van der Waals surface area (Å²) in [5.74, 6) is 0. The van der Waals surface area contributed by atoms with Gasteiger partial charge in [0, 0.05) is 19.7 Å². The zero-order chi connectivity index (χ0) is 10.8. The van der Waals surface area contributed by atoms with Gasteiger partial charge in [-0.05, 0) is 6.42 Å². The van der Waals surface area contributed by atoms with E-state index in [9.17, 15) is 4.79 Å². The van der Waals surface area contributed by atoms with Gasteiger partial charge in [0.2, 0.25) is 0 Å². The van der Waals surface area contributed by atoms with Crippen LogP contribution in [0.5, 0.6) is 0 Å². The minimum Gasteiger partial charge on any atom is -0.383 e. The van der Waals surface area contributed by atoms with Gasteiger partial charge in [0.25, 0.3) is 0 Å². The van der Waals surface area contributed by atoms with Gasteiger partial charge in [0.15, 0.2) is 0 Å². The highest BCUT2D eigenvalue weighted by molar-refractivity contribution is 5.74. The Hall–Kier alpha value is -1.28. The second-order valence-electron chi connectivity index (χ2n) is 2.86. The van der Waals surface area contributed by atoms with Gasteiger partial charge in [0.05, 0.1) is 19.1 Å². The third-order valence-corrected chi connectivity index (χ3v) is 1.76. The van der Waals surface area contributed by atoms with Crippen LogP contribution in [0.15, 0.2) is 0 Å². The van der Waals surface area contributed by atoms with Gasteiger partial charge in [-0.2, -0.15) is 5.26 Å². The number of ether oxygens (including phenoxy) is 1. The van der Waals surface area contributed by atoms with Crippen molar-refractivity contribution in [2.24, 2.45) is 0 Å². The molecule has 5 heteroatoms. The Morgan fingerprint density at radius 3 is 2.86 bits per heavy atom. The zero-order valence-electron chi connectivity index (χ0n) is 8.67. The monoisotopic (exact) mass is 199 g/mol. The SMILES string of the molecule is CC[C@@H](CC#N)NC(=O)NCCOC. The van der Waals surface area contributed by atoms with Crippen LogP contribution in [0, 0.1) is 11.3 Å². The molecule has 0 saturated carbocycles. The Morgan fingerprint density at radius 2 is 2.36 bits per heavy atom. The van der Waals surface area contributed by atoms with Crippen LogP contribution in [0.1, 0.15) is 19.8 Å². The summed E-state index contributed by atoms with van der Waals surface area (Å²) in [5, 5.41) is 13.8. The molecule has 0 unspecified atom stereocenters. The van der Waals surface area contributed by atoms with Crippen molar-refractivity contribution in [2.45, 2.75) is 25.8 Å². The summed E-state index contributed by atoms with van der Waals surface area (Å²) in [6, 6.07) is 1.71. The fourth-order valence-electron chi connectivity index (χ4n) is 0.911. The van der Waals surface area contributed by atoms with E-state index < -0.39 is 0 Å². The quantitative estimate of drug-likeness (QED) is 0.616. The lowest BCUT2D eigenvalue weighted by atomic mass is 10.2. The lowest BCUT2D eigenvalue weighted by Crippen LogP contribution is -2.42. The molecule has 0 saturated heterocycles. The molecule has 0 fully saturated rings. The van der Waals surface area contributed by atoms with Gasteiger partial charge in [0.1, 0.15) is 0 Å². The van der Waals surface area contributed by atoms with Crippen molar-refractivity contribution in [3.05, 3.63) is 0 Å². The van der Waals surface area contributed by atoms with Gasteiger partial charge in [-0.25, -0.2) is 4.79 Å². The molecule has 0 aromatic heterocycles. The number of carbonyl (C=O) groups is 1. The van der Waals surface area contributed by atoms with E-state index in [1.165, 1.54) is 0 Å². The molecule has 1 atom stereocenters. The molecule has 2 N–H and O–H groups in total. The molecule has 0 aromatic carbocycles. The molecule has 0 heterocycles. The van der Waals surface area contributed by atoms with Gasteiger partial charge in [-0.15, -0.1) is 0 Å². The van der Waals surface area contributed by atoms with Crippen LogP contribution in [0.3, 0.4) is 0 Å². The number of nitriles is 1. The van der Waals surface area contributed by atoms with Crippen LogP contribution < -0.4 is 10.6 Å². The average Bonchev–Trinajstić information content (AvgIpc) is 2.17. The number of carbonyl (C=O) groups excluding carboxylic acids is 1. The summed E-state index contributed by atoms with van der Waals surface area (Å²) in [4.78, 5) is 11.2. The molecule has 0 spiro atoms. The highest BCUT2D eigenvalue weighted by Gasteiger charge is 2.08. The second-order valence-corrected chi connectivity index (χ2v) is 2.86. The number of nitrogens with zero attached hydrogens (tertiary/aromatic N) is 1. The van der Waals surface area contributed by atoms with Crippen molar-refractivity contribution in [3.8, 4) is 6.07 Å². The molecule has 0 aliphatic rings. The molecule has 80 valence electrons. The van der Waals surface area contributed by atoms with Crippen molar-refractivity contribution in [1.82, 2.24) is 10.6 Å². The van der Waals surface area contributed by atoms with Crippen LogP contribution >= 0.6 is 0 Å². The van der Waals surface area contributed by atoms with Gasteiger partial charge in [-0.3, -0.25) is 0 Å². The largest absolute Gasteiger partial charge is 0.383 e. The lowest BCUT2D eigenvalue weighted by molar-refractivity contribution is 0.195. The Kier molecular flexibility index (Phi) is 7.56. The maximum absolute atomic E-state index is 11.2. The maximum atomic E-state index is 11.2. The topological polar surface area (TPSA) is 74.2 Å². The molecule has 5 nitrogen and oxygen atoms in total. The Morgan fingerprint density at radius 1 is 1.64 bits per heavy atom. The summed E-state index contributed by atoms with van der Waals surface area (Å²) in [6.45, 7) is 2.89. The van der Waals surface area contributed by atoms with Crippen LogP contribution in [0.25, 0.3) is 0 Å². The van der Waals surface area contributed by atoms with Crippen molar-refractivity contribution in [3.63, 3.8) is 0 Å². The Balaban J connectivity index is 3.63. The molecule has 0 aliphatic carbocycles. The smallest absolute Gasteiger partial charge is 0.315 e. The Labute approximate surface area is 84.4 Å². The van der Waals surface area contributed by atoms with E-state index in [4.69, 9.17) is 10.00 Å². The highest BCUT2D eigenvalue weighted by atomic mass is 16.5. The predicted molar refractivity (Wildman–Crippen MR) is 52.7 cm³/mol. The standard InChI is InChI=1S/C9H17N3O2/c1-3-8(4-5-10)12-9(13)11-6-7-14-2/h8H,3-4,6-7H2,1-2H3,(H2,11,12,13)/t8-/m0/s1. The third-order valence-electron chi connectivity index (χ3n) is 1.76. The van der Waals surface area contributed by atoms with Crippen molar-refractivity contribution >= 4 is 6.03 Å². The first-order valence-electron chi connectivity index (χ1n) is 4.64. The van der Waals surface area contributed by atoms with E-state index in [2.05, 4.69) is 10.6 Å². The molecule has 0 aliphatic heterocycles. The highest BCUT2D eigenvalue weighted by Crippen LogP contribution is 1.94. The molecule has 2 amide bonds. The number of urea groups is 1. The first-order valence-corrected chi connectivity index (χ1v) is 4.64. The minimum atomic E-state index is -0.246. The van der Waals surface area contributed by atoms with Gasteiger partial charge < -0.3 is 15.4 Å². The van der Waals surface area contributed by atoms with Crippen LogP contribution in [0.2, 0.25) is 0 Å². The summed E-state index contributed by atoms with van der Waals surface area (Å²) >= 11 is 0. The van der Waals surface area contributed by atoms with E-state index in [0.29, 0.717) is 19.6 Å². The lowest BCUT2D eigenvalue weighted by Gasteiger charge is -2.13. The molecule has 0 bridgehead atoms. The molecule has 0 radical (unpaired) electrons. The van der Waals surface area contributed by atoms with Crippen molar-refractivity contribution in [2.75, 3.05) is 20.3 Å².